The van der Waals surface area contributed by atoms with E-state index in [1.165, 1.54) is 0 Å². The molecule has 2 heterocycles. The lowest BCUT2D eigenvalue weighted by molar-refractivity contribution is 0.199. The minimum Gasteiger partial charge on any atom is -0.438 e. The lowest BCUT2D eigenvalue weighted by atomic mass is 10.1. The lowest BCUT2D eigenvalue weighted by Gasteiger charge is -2.23. The van der Waals surface area contributed by atoms with Crippen LogP contribution in [0.2, 0.25) is 10.0 Å². The summed E-state index contributed by atoms with van der Waals surface area (Å²) in [5.74, 6) is 0.551. The van der Waals surface area contributed by atoms with Crippen molar-refractivity contribution >= 4 is 46.0 Å². The molecule has 1 fully saturated rings. The number of hydrogen-bond donors (Lipinski definition) is 1. The number of aromatic nitrogens is 1. The van der Waals surface area contributed by atoms with Crippen LogP contribution in [0.1, 0.15) is 24.8 Å². The van der Waals surface area contributed by atoms with Crippen LogP contribution in [0.4, 0.5) is 10.5 Å². The summed E-state index contributed by atoms with van der Waals surface area (Å²) >= 11 is 12.1. The second-order valence-corrected chi connectivity index (χ2v) is 8.35. The molecule has 156 valence electrons. The molecule has 1 N–H and O–H groups in total. The molecule has 1 aliphatic heterocycles. The summed E-state index contributed by atoms with van der Waals surface area (Å²) in [4.78, 5) is 19.4. The Hall–Kier alpha value is -3.02. The number of benzene rings is 3. The Morgan fingerprint density at radius 2 is 1.87 bits per heavy atom. The Kier molecular flexibility index (Phi) is 5.30. The first-order chi connectivity index (χ1) is 15.1. The molecule has 1 atom stereocenters. The number of oxazole rings is 1. The smallest absolute Gasteiger partial charge is 0.322 e. The summed E-state index contributed by atoms with van der Waals surface area (Å²) in [6.07, 6.45) is 1.67. The zero-order valence-electron chi connectivity index (χ0n) is 16.5. The van der Waals surface area contributed by atoms with Crippen molar-refractivity contribution in [3.05, 3.63) is 82.7 Å². The Morgan fingerprint density at radius 3 is 2.68 bits per heavy atom. The van der Waals surface area contributed by atoms with Gasteiger partial charge in [0.1, 0.15) is 11.6 Å². The topological polar surface area (TPSA) is 58.4 Å². The highest BCUT2D eigenvalue weighted by atomic mass is 35.5. The average Bonchev–Trinajstić information content (AvgIpc) is 3.42. The third kappa shape index (κ3) is 3.99. The summed E-state index contributed by atoms with van der Waals surface area (Å²) in [5, 5.41) is 3.78. The maximum atomic E-state index is 12.9. The molecular formula is C24H19Cl2N3O2. The van der Waals surface area contributed by atoms with E-state index < -0.39 is 0 Å². The van der Waals surface area contributed by atoms with Crippen LogP contribution < -0.4 is 5.32 Å². The SMILES string of the molecule is O=C(Nc1ccc(Cl)cc1Cl)N1CCCC1c1nc2cc(-c3ccccc3)ccc2o1. The molecule has 2 amide bonds. The molecule has 0 bridgehead atoms. The van der Waals surface area contributed by atoms with Crippen molar-refractivity contribution in [1.29, 1.82) is 0 Å². The van der Waals surface area contributed by atoms with Gasteiger partial charge in [0.25, 0.3) is 0 Å². The number of fused-ring (bicyclic) bond motifs is 1. The number of anilines is 1. The van der Waals surface area contributed by atoms with Crippen molar-refractivity contribution in [2.45, 2.75) is 18.9 Å². The van der Waals surface area contributed by atoms with Crippen molar-refractivity contribution < 1.29 is 9.21 Å². The quantitative estimate of drug-likeness (QED) is 0.359. The van der Waals surface area contributed by atoms with Crippen molar-refractivity contribution in [2.24, 2.45) is 0 Å². The highest BCUT2D eigenvalue weighted by molar-refractivity contribution is 6.36. The first-order valence-corrected chi connectivity index (χ1v) is 10.8. The van der Waals surface area contributed by atoms with Crippen LogP contribution in [0.3, 0.4) is 0 Å². The second kappa shape index (κ2) is 8.25. The molecule has 5 rings (SSSR count). The first-order valence-electron chi connectivity index (χ1n) is 10.1. The number of halogens is 2. The monoisotopic (exact) mass is 451 g/mol. The Labute approximate surface area is 189 Å². The Morgan fingerprint density at radius 1 is 1.03 bits per heavy atom. The van der Waals surface area contributed by atoms with Gasteiger partial charge in [-0.25, -0.2) is 9.78 Å². The third-order valence-electron chi connectivity index (χ3n) is 5.48. The van der Waals surface area contributed by atoms with Gasteiger partial charge in [-0.15, -0.1) is 0 Å². The van der Waals surface area contributed by atoms with Crippen molar-refractivity contribution in [3.8, 4) is 11.1 Å². The van der Waals surface area contributed by atoms with Gasteiger partial charge in [-0.1, -0.05) is 59.6 Å². The third-order valence-corrected chi connectivity index (χ3v) is 6.03. The molecule has 4 aromatic rings. The van der Waals surface area contributed by atoms with Crippen LogP contribution in [0.25, 0.3) is 22.2 Å². The summed E-state index contributed by atoms with van der Waals surface area (Å²) in [6.45, 7) is 0.621. The number of hydrogen-bond acceptors (Lipinski definition) is 3. The molecule has 31 heavy (non-hydrogen) atoms. The van der Waals surface area contributed by atoms with E-state index in [0.29, 0.717) is 33.8 Å². The van der Waals surface area contributed by atoms with Gasteiger partial charge in [-0.3, -0.25) is 0 Å². The number of likely N-dealkylation sites (tertiary alicyclic amines) is 1. The van der Waals surface area contributed by atoms with Gasteiger partial charge in [-0.2, -0.15) is 0 Å². The van der Waals surface area contributed by atoms with E-state index >= 15 is 0 Å². The fourth-order valence-electron chi connectivity index (χ4n) is 3.94. The number of nitrogens with zero attached hydrogens (tertiary/aromatic N) is 2. The fraction of sp³-hybridized carbons (Fsp3) is 0.167. The van der Waals surface area contributed by atoms with Crippen LogP contribution in [0, 0.1) is 0 Å². The van der Waals surface area contributed by atoms with Gasteiger partial charge in [-0.05, 0) is 54.3 Å². The second-order valence-electron chi connectivity index (χ2n) is 7.51. The van der Waals surface area contributed by atoms with Crippen LogP contribution in [0.5, 0.6) is 0 Å². The van der Waals surface area contributed by atoms with Gasteiger partial charge in [0.05, 0.1) is 10.7 Å². The standard InChI is InChI=1S/C24H19Cl2N3O2/c25-17-9-10-19(18(26)14-17)28-24(30)29-12-4-7-21(29)23-27-20-13-16(8-11-22(20)31-23)15-5-2-1-3-6-15/h1-3,5-6,8-11,13-14,21H,4,7,12H2,(H,28,30). The molecule has 1 saturated heterocycles. The number of carbonyl (C=O) groups is 1. The predicted molar refractivity (Wildman–Crippen MR) is 124 cm³/mol. The number of amides is 2. The molecule has 0 spiro atoms. The maximum absolute atomic E-state index is 12.9. The van der Waals surface area contributed by atoms with Gasteiger partial charge in [0.15, 0.2) is 5.58 Å². The number of carbonyl (C=O) groups excluding carboxylic acids is 1. The van der Waals surface area contributed by atoms with E-state index in [0.717, 1.165) is 29.5 Å². The molecule has 1 aromatic heterocycles. The molecule has 0 aliphatic carbocycles. The maximum Gasteiger partial charge on any atom is 0.322 e. The molecule has 0 radical (unpaired) electrons. The highest BCUT2D eigenvalue weighted by Gasteiger charge is 2.34. The van der Waals surface area contributed by atoms with Crippen LogP contribution in [-0.4, -0.2) is 22.5 Å². The number of nitrogens with one attached hydrogen (secondary N) is 1. The van der Waals surface area contributed by atoms with Crippen LogP contribution >= 0.6 is 23.2 Å². The summed E-state index contributed by atoms with van der Waals surface area (Å²) in [6, 6.07) is 20.6. The Balaban J connectivity index is 1.40. The first kappa shape index (κ1) is 19.9. The van der Waals surface area contributed by atoms with E-state index in [9.17, 15) is 4.79 Å². The zero-order chi connectivity index (χ0) is 21.4. The molecule has 5 nitrogen and oxygen atoms in total. The lowest BCUT2D eigenvalue weighted by Crippen LogP contribution is -2.34. The van der Waals surface area contributed by atoms with E-state index in [1.807, 2.05) is 36.4 Å². The van der Waals surface area contributed by atoms with Crippen LogP contribution in [-0.2, 0) is 0 Å². The zero-order valence-corrected chi connectivity index (χ0v) is 18.0. The molecule has 0 saturated carbocycles. The largest absolute Gasteiger partial charge is 0.438 e. The summed E-state index contributed by atoms with van der Waals surface area (Å²) < 4.78 is 6.04. The van der Waals surface area contributed by atoms with E-state index in [1.54, 1.807) is 23.1 Å². The van der Waals surface area contributed by atoms with E-state index in [-0.39, 0.29) is 12.1 Å². The number of rotatable bonds is 3. The van der Waals surface area contributed by atoms with Crippen molar-refractivity contribution in [3.63, 3.8) is 0 Å². The molecule has 7 heteroatoms. The molecular weight excluding hydrogens is 433 g/mol. The molecule has 1 aliphatic rings. The van der Waals surface area contributed by atoms with E-state index in [2.05, 4.69) is 17.4 Å². The predicted octanol–water partition coefficient (Wildman–Crippen LogP) is 7.17. The average molecular weight is 452 g/mol. The van der Waals surface area contributed by atoms with Crippen molar-refractivity contribution in [1.82, 2.24) is 9.88 Å². The normalized spacial score (nSPS) is 16.1. The van der Waals surface area contributed by atoms with Gasteiger partial charge >= 0.3 is 6.03 Å². The van der Waals surface area contributed by atoms with Gasteiger partial charge in [0.2, 0.25) is 5.89 Å². The van der Waals surface area contributed by atoms with Crippen LogP contribution in [0.15, 0.2) is 71.1 Å². The summed E-state index contributed by atoms with van der Waals surface area (Å²) in [7, 11) is 0. The number of urea groups is 1. The Bertz CT molecular complexity index is 1260. The van der Waals surface area contributed by atoms with Gasteiger partial charge in [0, 0.05) is 11.6 Å². The minimum atomic E-state index is -0.237. The molecule has 1 unspecified atom stereocenters. The summed E-state index contributed by atoms with van der Waals surface area (Å²) in [5.41, 5.74) is 4.21. The fourth-order valence-corrected chi connectivity index (χ4v) is 4.40. The minimum absolute atomic E-state index is 0.223. The van der Waals surface area contributed by atoms with Crippen molar-refractivity contribution in [2.75, 3.05) is 11.9 Å². The molecule has 3 aromatic carbocycles. The highest BCUT2D eigenvalue weighted by Crippen LogP contribution is 2.35. The van der Waals surface area contributed by atoms with Gasteiger partial charge < -0.3 is 14.6 Å². The van der Waals surface area contributed by atoms with E-state index in [4.69, 9.17) is 32.6 Å².